The van der Waals surface area contributed by atoms with Crippen LogP contribution in [0.3, 0.4) is 0 Å². The standard InChI is InChI=1S/C18H23N3O3/c1-21-15-6-4-5-14(13(15)11-19-21)20-18(22)10-12-7-8-16(23-2)17(9-12)24-3/h7-9,11,14H,4-6,10H2,1-3H3,(H,20,22)/t14-/m0/s1. The molecule has 1 heterocycles. The molecule has 1 aromatic heterocycles. The van der Waals surface area contributed by atoms with Gasteiger partial charge in [-0.05, 0) is 37.0 Å². The van der Waals surface area contributed by atoms with Gasteiger partial charge in [0.2, 0.25) is 5.91 Å². The lowest BCUT2D eigenvalue weighted by Gasteiger charge is -2.24. The quantitative estimate of drug-likeness (QED) is 0.913. The number of hydrogen-bond acceptors (Lipinski definition) is 4. The summed E-state index contributed by atoms with van der Waals surface area (Å²) in [6, 6.07) is 5.60. The first kappa shape index (κ1) is 16.4. The Morgan fingerprint density at radius 2 is 2.12 bits per heavy atom. The van der Waals surface area contributed by atoms with Crippen molar-refractivity contribution in [3.8, 4) is 11.5 Å². The van der Waals surface area contributed by atoms with Crippen molar-refractivity contribution >= 4 is 5.91 Å². The first-order valence-corrected chi connectivity index (χ1v) is 8.13. The average molecular weight is 329 g/mol. The third kappa shape index (κ3) is 3.22. The lowest BCUT2D eigenvalue weighted by molar-refractivity contribution is -0.121. The number of fused-ring (bicyclic) bond motifs is 1. The maximum atomic E-state index is 12.4. The van der Waals surface area contributed by atoms with Crippen molar-refractivity contribution in [2.75, 3.05) is 14.2 Å². The van der Waals surface area contributed by atoms with E-state index in [1.54, 1.807) is 14.2 Å². The van der Waals surface area contributed by atoms with Gasteiger partial charge in [-0.2, -0.15) is 5.10 Å². The Morgan fingerprint density at radius 3 is 2.88 bits per heavy atom. The molecule has 1 aliphatic rings. The number of ether oxygens (including phenoxy) is 2. The largest absolute Gasteiger partial charge is 0.493 e. The summed E-state index contributed by atoms with van der Waals surface area (Å²) < 4.78 is 12.4. The highest BCUT2D eigenvalue weighted by atomic mass is 16.5. The Kier molecular flexibility index (Phi) is 4.74. The summed E-state index contributed by atoms with van der Waals surface area (Å²) in [6.45, 7) is 0. The summed E-state index contributed by atoms with van der Waals surface area (Å²) in [5, 5.41) is 7.46. The van der Waals surface area contributed by atoms with Crippen LogP contribution in [0.1, 0.15) is 35.7 Å². The molecule has 128 valence electrons. The van der Waals surface area contributed by atoms with E-state index >= 15 is 0 Å². The van der Waals surface area contributed by atoms with E-state index in [2.05, 4.69) is 10.4 Å². The Labute approximate surface area is 141 Å². The SMILES string of the molecule is COc1ccc(CC(=O)N[C@H]2CCCc3c2cnn3C)cc1OC. The molecule has 0 aliphatic heterocycles. The van der Waals surface area contributed by atoms with Crippen LogP contribution < -0.4 is 14.8 Å². The molecule has 0 fully saturated rings. The maximum Gasteiger partial charge on any atom is 0.224 e. The molecule has 6 heteroatoms. The molecule has 1 amide bonds. The first-order valence-electron chi connectivity index (χ1n) is 8.13. The topological polar surface area (TPSA) is 65.4 Å². The second kappa shape index (κ2) is 6.95. The molecule has 0 saturated carbocycles. The van der Waals surface area contributed by atoms with Gasteiger partial charge in [0.15, 0.2) is 11.5 Å². The van der Waals surface area contributed by atoms with Gasteiger partial charge in [0.1, 0.15) is 0 Å². The van der Waals surface area contributed by atoms with Crippen LogP contribution in [0.25, 0.3) is 0 Å². The molecule has 1 aliphatic carbocycles. The number of rotatable bonds is 5. The number of methoxy groups -OCH3 is 2. The number of nitrogens with one attached hydrogen (secondary N) is 1. The summed E-state index contributed by atoms with van der Waals surface area (Å²) in [5.41, 5.74) is 3.26. The summed E-state index contributed by atoms with van der Waals surface area (Å²) >= 11 is 0. The normalized spacial score (nSPS) is 16.4. The van der Waals surface area contributed by atoms with Gasteiger partial charge in [0, 0.05) is 18.3 Å². The van der Waals surface area contributed by atoms with Crippen molar-refractivity contribution in [3.63, 3.8) is 0 Å². The van der Waals surface area contributed by atoms with E-state index in [1.165, 1.54) is 5.69 Å². The second-order valence-electron chi connectivity index (χ2n) is 6.05. The van der Waals surface area contributed by atoms with Gasteiger partial charge in [0.25, 0.3) is 0 Å². The predicted molar refractivity (Wildman–Crippen MR) is 90.3 cm³/mol. The average Bonchev–Trinajstić information content (AvgIpc) is 2.97. The fourth-order valence-corrected chi connectivity index (χ4v) is 3.28. The lowest BCUT2D eigenvalue weighted by atomic mass is 9.93. The zero-order valence-electron chi connectivity index (χ0n) is 14.3. The van der Waals surface area contributed by atoms with Gasteiger partial charge < -0.3 is 14.8 Å². The van der Waals surface area contributed by atoms with Crippen LogP contribution in [-0.4, -0.2) is 29.9 Å². The Balaban J connectivity index is 1.68. The van der Waals surface area contributed by atoms with Crippen LogP contribution in [-0.2, 0) is 24.7 Å². The molecule has 1 N–H and O–H groups in total. The second-order valence-corrected chi connectivity index (χ2v) is 6.05. The van der Waals surface area contributed by atoms with E-state index in [0.29, 0.717) is 17.9 Å². The van der Waals surface area contributed by atoms with Gasteiger partial charge in [-0.15, -0.1) is 0 Å². The van der Waals surface area contributed by atoms with Crippen LogP contribution >= 0.6 is 0 Å². The van der Waals surface area contributed by atoms with E-state index in [1.807, 2.05) is 36.1 Å². The Morgan fingerprint density at radius 1 is 1.33 bits per heavy atom. The summed E-state index contributed by atoms with van der Waals surface area (Å²) in [6.07, 6.45) is 5.22. The molecule has 1 aromatic carbocycles. The van der Waals surface area contributed by atoms with Crippen LogP contribution in [0.15, 0.2) is 24.4 Å². The van der Waals surface area contributed by atoms with Gasteiger partial charge in [-0.3, -0.25) is 9.48 Å². The van der Waals surface area contributed by atoms with Crippen molar-refractivity contribution < 1.29 is 14.3 Å². The lowest BCUT2D eigenvalue weighted by Crippen LogP contribution is -2.32. The molecular formula is C18H23N3O3. The number of aryl methyl sites for hydroxylation is 1. The molecule has 2 aromatic rings. The predicted octanol–water partition coefficient (Wildman–Crippen LogP) is 2.17. The van der Waals surface area contributed by atoms with Crippen LogP contribution in [0, 0.1) is 0 Å². The molecule has 24 heavy (non-hydrogen) atoms. The van der Waals surface area contributed by atoms with Crippen molar-refractivity contribution in [3.05, 3.63) is 41.2 Å². The number of aromatic nitrogens is 2. The maximum absolute atomic E-state index is 12.4. The van der Waals surface area contributed by atoms with E-state index in [9.17, 15) is 4.79 Å². The number of carbonyl (C=O) groups excluding carboxylic acids is 1. The Hall–Kier alpha value is -2.50. The minimum atomic E-state index is 0.00363. The molecular weight excluding hydrogens is 306 g/mol. The number of nitrogens with zero attached hydrogens (tertiary/aromatic N) is 2. The summed E-state index contributed by atoms with van der Waals surface area (Å²) in [4.78, 5) is 12.4. The minimum absolute atomic E-state index is 0.00363. The highest BCUT2D eigenvalue weighted by Gasteiger charge is 2.24. The minimum Gasteiger partial charge on any atom is -0.493 e. The van der Waals surface area contributed by atoms with Gasteiger partial charge in [0.05, 0.1) is 32.9 Å². The highest BCUT2D eigenvalue weighted by molar-refractivity contribution is 5.79. The smallest absolute Gasteiger partial charge is 0.224 e. The molecule has 0 radical (unpaired) electrons. The third-order valence-corrected chi connectivity index (χ3v) is 4.52. The number of carbonyl (C=O) groups is 1. The van der Waals surface area contributed by atoms with Crippen LogP contribution in [0.4, 0.5) is 0 Å². The number of amides is 1. The summed E-state index contributed by atoms with van der Waals surface area (Å²) in [5.74, 6) is 1.30. The van der Waals surface area contributed by atoms with Crippen molar-refractivity contribution in [1.82, 2.24) is 15.1 Å². The van der Waals surface area contributed by atoms with E-state index in [-0.39, 0.29) is 11.9 Å². The van der Waals surface area contributed by atoms with E-state index in [4.69, 9.17) is 9.47 Å². The molecule has 0 spiro atoms. The van der Waals surface area contributed by atoms with Crippen molar-refractivity contribution in [1.29, 1.82) is 0 Å². The molecule has 0 bridgehead atoms. The Bertz CT molecular complexity index is 739. The molecule has 6 nitrogen and oxygen atoms in total. The molecule has 1 atom stereocenters. The summed E-state index contributed by atoms with van der Waals surface area (Å²) in [7, 11) is 5.14. The van der Waals surface area contributed by atoms with Crippen molar-refractivity contribution in [2.24, 2.45) is 7.05 Å². The zero-order chi connectivity index (χ0) is 17.1. The molecule has 0 saturated heterocycles. The third-order valence-electron chi connectivity index (χ3n) is 4.52. The van der Waals surface area contributed by atoms with E-state index in [0.717, 1.165) is 30.4 Å². The van der Waals surface area contributed by atoms with Gasteiger partial charge >= 0.3 is 0 Å². The number of benzene rings is 1. The van der Waals surface area contributed by atoms with Crippen molar-refractivity contribution in [2.45, 2.75) is 31.7 Å². The fraction of sp³-hybridized carbons (Fsp3) is 0.444. The highest BCUT2D eigenvalue weighted by Crippen LogP contribution is 2.30. The number of hydrogen-bond donors (Lipinski definition) is 1. The van der Waals surface area contributed by atoms with Gasteiger partial charge in [-0.1, -0.05) is 6.07 Å². The fourth-order valence-electron chi connectivity index (χ4n) is 3.28. The van der Waals surface area contributed by atoms with E-state index < -0.39 is 0 Å². The molecule has 3 rings (SSSR count). The van der Waals surface area contributed by atoms with Crippen LogP contribution in [0.5, 0.6) is 11.5 Å². The monoisotopic (exact) mass is 329 g/mol. The zero-order valence-corrected chi connectivity index (χ0v) is 14.3. The van der Waals surface area contributed by atoms with Gasteiger partial charge in [-0.25, -0.2) is 0 Å². The van der Waals surface area contributed by atoms with Crippen LogP contribution in [0.2, 0.25) is 0 Å². The molecule has 0 unspecified atom stereocenters. The first-order chi connectivity index (χ1) is 11.6.